The summed E-state index contributed by atoms with van der Waals surface area (Å²) in [7, 11) is 0. The number of rotatable bonds is 3. The first kappa shape index (κ1) is 12.7. The number of piperidine rings is 1. The van der Waals surface area contributed by atoms with Crippen molar-refractivity contribution in [3.63, 3.8) is 0 Å². The largest absolute Gasteiger partial charge is 0.311 e. The van der Waals surface area contributed by atoms with Crippen LogP contribution in [0.2, 0.25) is 0 Å². The van der Waals surface area contributed by atoms with Crippen LogP contribution in [-0.4, -0.2) is 17.9 Å². The van der Waals surface area contributed by atoms with E-state index in [1.54, 1.807) is 0 Å². The SMILES string of the molecule is O=C(Cc1cccc(F)c1F)C1CC2CCC(C1)N2. The van der Waals surface area contributed by atoms with E-state index < -0.39 is 11.6 Å². The number of hydrogen-bond acceptors (Lipinski definition) is 2. The lowest BCUT2D eigenvalue weighted by Crippen LogP contribution is -2.40. The number of hydrogen-bond donors (Lipinski definition) is 1. The highest BCUT2D eigenvalue weighted by Gasteiger charge is 2.36. The molecule has 3 rings (SSSR count). The maximum Gasteiger partial charge on any atom is 0.162 e. The summed E-state index contributed by atoms with van der Waals surface area (Å²) in [5, 5.41) is 3.47. The molecule has 2 atom stereocenters. The summed E-state index contributed by atoms with van der Waals surface area (Å²) in [5.74, 6) is -1.72. The van der Waals surface area contributed by atoms with Gasteiger partial charge >= 0.3 is 0 Å². The van der Waals surface area contributed by atoms with Crippen LogP contribution >= 0.6 is 0 Å². The van der Waals surface area contributed by atoms with E-state index >= 15 is 0 Å². The molecule has 1 aromatic carbocycles. The minimum absolute atomic E-state index is 0.00131. The average Bonchev–Trinajstić information content (AvgIpc) is 2.73. The lowest BCUT2D eigenvalue weighted by atomic mass is 9.86. The Morgan fingerprint density at radius 1 is 1.21 bits per heavy atom. The Morgan fingerprint density at radius 3 is 2.58 bits per heavy atom. The molecule has 2 aliphatic heterocycles. The van der Waals surface area contributed by atoms with Crippen LogP contribution in [0.15, 0.2) is 18.2 Å². The molecule has 2 heterocycles. The number of Topliss-reactive ketones (excluding diaryl/α,β-unsaturated/α-hetero) is 1. The predicted octanol–water partition coefficient (Wildman–Crippen LogP) is 2.61. The molecule has 2 bridgehead atoms. The van der Waals surface area contributed by atoms with Crippen LogP contribution in [0.3, 0.4) is 0 Å². The summed E-state index contributed by atoms with van der Waals surface area (Å²) in [6.07, 6.45) is 3.94. The van der Waals surface area contributed by atoms with Crippen molar-refractivity contribution < 1.29 is 13.6 Å². The zero-order valence-electron chi connectivity index (χ0n) is 10.7. The minimum atomic E-state index is -0.882. The molecular weight excluding hydrogens is 248 g/mol. The Bertz CT molecular complexity index is 491. The van der Waals surface area contributed by atoms with Gasteiger partial charge in [0.25, 0.3) is 0 Å². The van der Waals surface area contributed by atoms with E-state index in [-0.39, 0.29) is 23.7 Å². The molecule has 1 aromatic rings. The molecule has 4 heteroatoms. The first-order valence-corrected chi connectivity index (χ1v) is 6.85. The van der Waals surface area contributed by atoms with Crippen LogP contribution in [0.1, 0.15) is 31.2 Å². The fourth-order valence-electron chi connectivity index (χ4n) is 3.34. The number of fused-ring (bicyclic) bond motifs is 2. The molecule has 19 heavy (non-hydrogen) atoms. The number of carbonyl (C=O) groups is 1. The third-order valence-corrected chi connectivity index (χ3v) is 4.32. The number of benzene rings is 1. The van der Waals surface area contributed by atoms with Crippen molar-refractivity contribution in [1.82, 2.24) is 5.32 Å². The van der Waals surface area contributed by atoms with Gasteiger partial charge in [0, 0.05) is 24.4 Å². The van der Waals surface area contributed by atoms with Crippen molar-refractivity contribution in [2.45, 2.75) is 44.2 Å². The molecule has 0 aromatic heterocycles. The van der Waals surface area contributed by atoms with E-state index in [0.29, 0.717) is 12.1 Å². The third kappa shape index (κ3) is 2.54. The van der Waals surface area contributed by atoms with E-state index in [2.05, 4.69) is 5.32 Å². The summed E-state index contributed by atoms with van der Waals surface area (Å²) in [6, 6.07) is 4.89. The standard InChI is InChI=1S/C15H17F2NO/c16-13-3-1-2-9(15(13)17)8-14(19)10-6-11-4-5-12(7-10)18-11/h1-3,10-12,18H,4-8H2. The molecule has 0 aliphatic carbocycles. The van der Waals surface area contributed by atoms with E-state index in [1.807, 2.05) is 0 Å². The summed E-state index contributed by atoms with van der Waals surface area (Å²) < 4.78 is 26.7. The summed E-state index contributed by atoms with van der Waals surface area (Å²) >= 11 is 0. The summed E-state index contributed by atoms with van der Waals surface area (Å²) in [6.45, 7) is 0. The topological polar surface area (TPSA) is 29.1 Å². The molecule has 2 fully saturated rings. The van der Waals surface area contributed by atoms with Crippen molar-refractivity contribution in [2.75, 3.05) is 0 Å². The molecule has 0 spiro atoms. The summed E-state index contributed by atoms with van der Waals surface area (Å²) in [4.78, 5) is 12.2. The summed E-state index contributed by atoms with van der Waals surface area (Å²) in [5.41, 5.74) is 0.177. The third-order valence-electron chi connectivity index (χ3n) is 4.32. The zero-order valence-corrected chi connectivity index (χ0v) is 10.7. The zero-order chi connectivity index (χ0) is 13.4. The van der Waals surface area contributed by atoms with E-state index in [9.17, 15) is 13.6 Å². The van der Waals surface area contributed by atoms with Gasteiger partial charge in [0.05, 0.1) is 0 Å². The quantitative estimate of drug-likeness (QED) is 0.910. The Morgan fingerprint density at radius 2 is 1.89 bits per heavy atom. The average molecular weight is 265 g/mol. The van der Waals surface area contributed by atoms with Gasteiger partial charge < -0.3 is 5.32 Å². The van der Waals surface area contributed by atoms with Gasteiger partial charge in [-0.2, -0.15) is 0 Å². The molecular formula is C15H17F2NO. The van der Waals surface area contributed by atoms with E-state index in [4.69, 9.17) is 0 Å². The highest BCUT2D eigenvalue weighted by atomic mass is 19.2. The van der Waals surface area contributed by atoms with Crippen molar-refractivity contribution >= 4 is 5.78 Å². The van der Waals surface area contributed by atoms with Gasteiger partial charge in [-0.15, -0.1) is 0 Å². The lowest BCUT2D eigenvalue weighted by molar-refractivity contribution is -0.123. The van der Waals surface area contributed by atoms with E-state index in [1.165, 1.54) is 12.1 Å². The van der Waals surface area contributed by atoms with Gasteiger partial charge in [0.2, 0.25) is 0 Å². The molecule has 102 valence electrons. The Balaban J connectivity index is 1.69. The molecule has 0 amide bonds. The highest BCUT2D eigenvalue weighted by molar-refractivity contribution is 5.83. The maximum atomic E-state index is 13.6. The van der Waals surface area contributed by atoms with Gasteiger partial charge in [-0.3, -0.25) is 4.79 Å². The molecule has 2 unspecified atom stereocenters. The second-order valence-electron chi connectivity index (χ2n) is 5.66. The first-order chi connectivity index (χ1) is 9.13. The fourth-order valence-corrected chi connectivity index (χ4v) is 3.34. The lowest BCUT2D eigenvalue weighted by Gasteiger charge is -2.28. The number of nitrogens with one attached hydrogen (secondary N) is 1. The van der Waals surface area contributed by atoms with Crippen molar-refractivity contribution in [3.05, 3.63) is 35.4 Å². The van der Waals surface area contributed by atoms with Crippen LogP contribution in [-0.2, 0) is 11.2 Å². The normalized spacial score (nSPS) is 29.5. The van der Waals surface area contributed by atoms with Crippen molar-refractivity contribution in [1.29, 1.82) is 0 Å². The maximum absolute atomic E-state index is 13.6. The van der Waals surface area contributed by atoms with Crippen LogP contribution in [0.25, 0.3) is 0 Å². The van der Waals surface area contributed by atoms with Gasteiger partial charge in [-0.25, -0.2) is 8.78 Å². The minimum Gasteiger partial charge on any atom is -0.311 e. The monoisotopic (exact) mass is 265 g/mol. The smallest absolute Gasteiger partial charge is 0.162 e. The van der Waals surface area contributed by atoms with Crippen molar-refractivity contribution in [3.8, 4) is 0 Å². The first-order valence-electron chi connectivity index (χ1n) is 6.85. The van der Waals surface area contributed by atoms with Gasteiger partial charge in [-0.05, 0) is 37.3 Å². The Labute approximate surface area is 111 Å². The molecule has 2 nitrogen and oxygen atoms in total. The Hall–Kier alpha value is -1.29. The van der Waals surface area contributed by atoms with Crippen LogP contribution < -0.4 is 5.32 Å². The second-order valence-corrected chi connectivity index (χ2v) is 5.66. The van der Waals surface area contributed by atoms with Gasteiger partial charge in [0.15, 0.2) is 11.6 Å². The second kappa shape index (κ2) is 5.00. The molecule has 0 saturated carbocycles. The van der Waals surface area contributed by atoms with Crippen LogP contribution in [0.4, 0.5) is 8.78 Å². The van der Waals surface area contributed by atoms with Crippen molar-refractivity contribution in [2.24, 2.45) is 5.92 Å². The molecule has 2 aliphatic rings. The van der Waals surface area contributed by atoms with Crippen LogP contribution in [0.5, 0.6) is 0 Å². The molecule has 2 saturated heterocycles. The molecule has 1 N–H and O–H groups in total. The van der Waals surface area contributed by atoms with Gasteiger partial charge in [0.1, 0.15) is 5.78 Å². The number of carbonyl (C=O) groups excluding carboxylic acids is 1. The fraction of sp³-hybridized carbons (Fsp3) is 0.533. The Kier molecular flexibility index (Phi) is 3.35. The van der Waals surface area contributed by atoms with Crippen LogP contribution in [0, 0.1) is 17.6 Å². The molecule has 0 radical (unpaired) electrons. The number of ketones is 1. The highest BCUT2D eigenvalue weighted by Crippen LogP contribution is 2.32. The number of halogens is 2. The van der Waals surface area contributed by atoms with E-state index in [0.717, 1.165) is 31.7 Å². The predicted molar refractivity (Wildman–Crippen MR) is 67.7 cm³/mol. The van der Waals surface area contributed by atoms with Gasteiger partial charge in [-0.1, -0.05) is 12.1 Å².